The molecule has 0 radical (unpaired) electrons. The van der Waals surface area contributed by atoms with Crippen molar-refractivity contribution in [3.8, 4) is 11.5 Å². The van der Waals surface area contributed by atoms with Gasteiger partial charge in [0.2, 0.25) is 0 Å². The Morgan fingerprint density at radius 1 is 1.15 bits per heavy atom. The first-order valence-electron chi connectivity index (χ1n) is 10.1. The van der Waals surface area contributed by atoms with Gasteiger partial charge in [-0.2, -0.15) is 12.6 Å². The van der Waals surface area contributed by atoms with E-state index in [1.54, 1.807) is 18.2 Å². The van der Waals surface area contributed by atoms with E-state index < -0.39 is 35.5 Å². The zero-order chi connectivity index (χ0) is 23.8. The first-order chi connectivity index (χ1) is 15.9. The molecule has 1 amide bonds. The van der Waals surface area contributed by atoms with Crippen molar-refractivity contribution in [3.63, 3.8) is 0 Å². The van der Waals surface area contributed by atoms with Crippen LogP contribution < -0.4 is 10.1 Å². The Balaban J connectivity index is 1.70. The molecule has 0 saturated carbocycles. The molecule has 2 unspecified atom stereocenters. The molecule has 0 aliphatic carbocycles. The van der Waals surface area contributed by atoms with Crippen LogP contribution in [0.2, 0.25) is 5.02 Å². The number of aromatic hydroxyl groups is 1. The summed E-state index contributed by atoms with van der Waals surface area (Å²) in [6.45, 7) is -0.418. The lowest BCUT2D eigenvalue weighted by atomic mass is 10.0. The quantitative estimate of drug-likeness (QED) is 0.312. The highest BCUT2D eigenvalue weighted by molar-refractivity contribution is 7.80. The lowest BCUT2D eigenvalue weighted by molar-refractivity contribution is -0.147. The van der Waals surface area contributed by atoms with Crippen LogP contribution in [0.4, 0.5) is 0 Å². The molecule has 0 aliphatic rings. The summed E-state index contributed by atoms with van der Waals surface area (Å²) in [6.07, 6.45) is 1.11. The number of carbonyl (C=O) groups excluding carboxylic acids is 2. The number of methoxy groups -OCH3 is 1. The molecule has 3 aromatic rings. The van der Waals surface area contributed by atoms with Gasteiger partial charge in [0.1, 0.15) is 12.6 Å². The van der Waals surface area contributed by atoms with Crippen LogP contribution in [0.5, 0.6) is 11.5 Å². The van der Waals surface area contributed by atoms with Gasteiger partial charge in [0.25, 0.3) is 5.91 Å². The summed E-state index contributed by atoms with van der Waals surface area (Å²) in [5, 5.41) is 12.6. The molecular formula is C24H23ClN2O5S. The molecule has 0 aliphatic heterocycles. The van der Waals surface area contributed by atoms with E-state index in [2.05, 4.69) is 22.9 Å². The van der Waals surface area contributed by atoms with Crippen LogP contribution in [0.15, 0.2) is 66.9 Å². The zero-order valence-electron chi connectivity index (χ0n) is 17.8. The summed E-state index contributed by atoms with van der Waals surface area (Å²) in [5.74, 6) is -1.71. The normalized spacial score (nSPS) is 12.5. The van der Waals surface area contributed by atoms with Gasteiger partial charge in [0.15, 0.2) is 17.2 Å². The molecular weight excluding hydrogens is 464 g/mol. The van der Waals surface area contributed by atoms with E-state index in [9.17, 15) is 14.7 Å². The van der Waals surface area contributed by atoms with Crippen molar-refractivity contribution in [1.82, 2.24) is 10.3 Å². The molecule has 2 aromatic carbocycles. The third-order valence-electron chi connectivity index (χ3n) is 4.82. The van der Waals surface area contributed by atoms with Gasteiger partial charge in [-0.3, -0.25) is 9.59 Å². The molecule has 1 heterocycles. The number of amides is 1. The number of benzene rings is 2. The lowest BCUT2D eigenvalue weighted by Crippen LogP contribution is -2.34. The van der Waals surface area contributed by atoms with Crippen molar-refractivity contribution >= 4 is 36.1 Å². The molecule has 1 aromatic heterocycles. The second-order valence-electron chi connectivity index (χ2n) is 7.11. The fraction of sp³-hybridized carbons (Fsp3) is 0.208. The van der Waals surface area contributed by atoms with E-state index in [1.807, 2.05) is 36.4 Å². The van der Waals surface area contributed by atoms with E-state index in [4.69, 9.17) is 21.1 Å². The molecule has 0 saturated heterocycles. The van der Waals surface area contributed by atoms with Crippen molar-refractivity contribution in [3.05, 3.63) is 88.7 Å². The number of rotatable bonds is 9. The highest BCUT2D eigenvalue weighted by Crippen LogP contribution is 2.30. The van der Waals surface area contributed by atoms with Gasteiger partial charge in [0.05, 0.1) is 12.4 Å². The molecule has 0 fully saturated rings. The number of aromatic nitrogens is 1. The van der Waals surface area contributed by atoms with Crippen LogP contribution in [0.1, 0.15) is 26.9 Å². The molecule has 2 atom stereocenters. The largest absolute Gasteiger partial charge is 0.503 e. The van der Waals surface area contributed by atoms with Crippen LogP contribution >= 0.6 is 24.2 Å². The van der Waals surface area contributed by atoms with Crippen molar-refractivity contribution < 1.29 is 24.2 Å². The third kappa shape index (κ3) is 6.63. The number of thiol groups is 1. The minimum atomic E-state index is -0.736. The van der Waals surface area contributed by atoms with Gasteiger partial charge in [-0.25, -0.2) is 4.98 Å². The Hall–Kier alpha value is -3.23. The van der Waals surface area contributed by atoms with Crippen LogP contribution in [-0.2, 0) is 16.0 Å². The number of nitrogens with one attached hydrogen (secondary N) is 1. The predicted octanol–water partition coefficient (Wildman–Crippen LogP) is 4.00. The number of pyridine rings is 1. The van der Waals surface area contributed by atoms with E-state index in [0.29, 0.717) is 11.4 Å². The fourth-order valence-corrected chi connectivity index (χ4v) is 3.71. The second kappa shape index (κ2) is 11.6. The predicted molar refractivity (Wildman–Crippen MR) is 128 cm³/mol. The van der Waals surface area contributed by atoms with Gasteiger partial charge in [-0.05, 0) is 23.3 Å². The number of halogens is 1. The highest BCUT2D eigenvalue weighted by atomic mass is 35.5. The van der Waals surface area contributed by atoms with Gasteiger partial charge in [-0.15, -0.1) is 0 Å². The van der Waals surface area contributed by atoms with Crippen molar-refractivity contribution in [2.45, 2.75) is 17.8 Å². The number of ether oxygens (including phenoxy) is 2. The Morgan fingerprint density at radius 2 is 1.91 bits per heavy atom. The Morgan fingerprint density at radius 3 is 2.61 bits per heavy atom. The Bertz CT molecular complexity index is 1110. The number of hydrogen-bond acceptors (Lipinski definition) is 7. The molecule has 2 N–H and O–H groups in total. The van der Waals surface area contributed by atoms with E-state index in [0.717, 1.165) is 11.1 Å². The summed E-state index contributed by atoms with van der Waals surface area (Å²) in [7, 11) is 1.36. The van der Waals surface area contributed by atoms with E-state index in [1.165, 1.54) is 19.4 Å². The lowest BCUT2D eigenvalue weighted by Gasteiger charge is -2.24. The maximum Gasteiger partial charge on any atom is 0.325 e. The minimum absolute atomic E-state index is 0.0973. The highest BCUT2D eigenvalue weighted by Gasteiger charge is 2.25. The Kier molecular flexibility index (Phi) is 8.57. The van der Waals surface area contributed by atoms with Crippen LogP contribution in [0.25, 0.3) is 0 Å². The monoisotopic (exact) mass is 486 g/mol. The summed E-state index contributed by atoms with van der Waals surface area (Å²) in [4.78, 5) is 28.8. The maximum atomic E-state index is 12.6. The molecule has 0 spiro atoms. The zero-order valence-corrected chi connectivity index (χ0v) is 19.4. The summed E-state index contributed by atoms with van der Waals surface area (Å²) in [5.41, 5.74) is 1.51. The number of nitrogens with zero attached hydrogens (tertiary/aromatic N) is 1. The summed E-state index contributed by atoms with van der Waals surface area (Å²) in [6, 6.07) is 18.1. The van der Waals surface area contributed by atoms with Crippen molar-refractivity contribution in [1.29, 1.82) is 0 Å². The number of hydrogen-bond donors (Lipinski definition) is 3. The topological polar surface area (TPSA) is 97.8 Å². The van der Waals surface area contributed by atoms with Crippen molar-refractivity contribution in [2.24, 2.45) is 0 Å². The molecule has 7 nitrogen and oxygen atoms in total. The van der Waals surface area contributed by atoms with E-state index >= 15 is 0 Å². The minimum Gasteiger partial charge on any atom is -0.503 e. The van der Waals surface area contributed by atoms with Crippen molar-refractivity contribution in [2.75, 3.05) is 13.7 Å². The Labute approximate surface area is 202 Å². The molecule has 0 bridgehead atoms. The van der Waals surface area contributed by atoms with Crippen LogP contribution in [0, 0.1) is 0 Å². The summed E-state index contributed by atoms with van der Waals surface area (Å²) < 4.78 is 10.7. The number of esters is 1. The third-order valence-corrected chi connectivity index (χ3v) is 5.69. The van der Waals surface area contributed by atoms with Crippen LogP contribution in [0.3, 0.4) is 0 Å². The first kappa shape index (κ1) is 24.4. The SMILES string of the molecule is COc1ccnc(C(=O)NCC(=O)OC(Cc2ccccc2)C(S)c2cccc(Cl)c2)c1O. The standard InChI is InChI=1S/C24H23ClN2O5S/c1-31-18-10-11-26-21(22(18)29)24(30)27-14-20(28)32-19(12-15-6-3-2-4-7-15)23(33)16-8-5-9-17(25)13-16/h2-11,13,19,23,29,33H,12,14H2,1H3,(H,27,30). The molecule has 33 heavy (non-hydrogen) atoms. The average Bonchev–Trinajstić information content (AvgIpc) is 2.82. The number of carbonyl (C=O) groups is 2. The van der Waals surface area contributed by atoms with Gasteiger partial charge in [-0.1, -0.05) is 54.1 Å². The molecule has 3 rings (SSSR count). The first-order valence-corrected chi connectivity index (χ1v) is 11.0. The van der Waals surface area contributed by atoms with Crippen LogP contribution in [-0.4, -0.2) is 41.7 Å². The summed E-state index contributed by atoms with van der Waals surface area (Å²) >= 11 is 10.8. The molecule has 172 valence electrons. The average molecular weight is 487 g/mol. The molecule has 9 heteroatoms. The smallest absolute Gasteiger partial charge is 0.325 e. The van der Waals surface area contributed by atoms with E-state index in [-0.39, 0.29) is 11.4 Å². The maximum absolute atomic E-state index is 12.6. The second-order valence-corrected chi connectivity index (χ2v) is 8.10. The van der Waals surface area contributed by atoms with Gasteiger partial charge < -0.3 is 19.9 Å². The fourth-order valence-electron chi connectivity index (χ4n) is 3.18. The van der Waals surface area contributed by atoms with Gasteiger partial charge in [0, 0.05) is 23.7 Å². The van der Waals surface area contributed by atoms with Gasteiger partial charge >= 0.3 is 5.97 Å².